The molecule has 52 heavy (non-hydrogen) atoms. The van der Waals surface area contributed by atoms with Crippen LogP contribution in [0.25, 0.3) is 22.5 Å². The number of aromatic nitrogens is 4. The summed E-state index contributed by atoms with van der Waals surface area (Å²) in [6.45, 7) is 9.46. The highest BCUT2D eigenvalue weighted by atomic mass is 19.1. The molecule has 0 bridgehead atoms. The van der Waals surface area contributed by atoms with E-state index < -0.39 is 11.9 Å². The highest BCUT2D eigenvalue weighted by Gasteiger charge is 2.32. The molecule has 2 aliphatic carbocycles. The maximum atomic E-state index is 14.2. The number of carbonyl (C=O) groups is 2. The van der Waals surface area contributed by atoms with Crippen molar-refractivity contribution in [3.63, 3.8) is 0 Å². The topological polar surface area (TPSA) is 126 Å². The number of esters is 1. The van der Waals surface area contributed by atoms with Crippen molar-refractivity contribution in [2.24, 2.45) is 0 Å². The normalized spacial score (nSPS) is 13.9. The molecular weight excluding hydrogens is 670 g/mol. The summed E-state index contributed by atoms with van der Waals surface area (Å²) in [6, 6.07) is 12.9. The third-order valence-corrected chi connectivity index (χ3v) is 9.93. The number of carboxylic acids is 1. The molecule has 0 saturated heterocycles. The van der Waals surface area contributed by atoms with E-state index in [-0.39, 0.29) is 35.2 Å². The van der Waals surface area contributed by atoms with Gasteiger partial charge in [-0.15, -0.1) is 0 Å². The lowest BCUT2D eigenvalue weighted by Crippen LogP contribution is -2.09. The van der Waals surface area contributed by atoms with E-state index in [1.165, 1.54) is 12.1 Å². The number of rotatable bonds is 7. The van der Waals surface area contributed by atoms with Gasteiger partial charge < -0.3 is 18.7 Å². The van der Waals surface area contributed by atoms with Gasteiger partial charge in [0, 0.05) is 58.6 Å². The summed E-state index contributed by atoms with van der Waals surface area (Å²) in [6.07, 6.45) is 6.70. The number of aromatic carboxylic acids is 1. The number of fused-ring (bicyclic) bond motifs is 6. The molecule has 2 aromatic carbocycles. The van der Waals surface area contributed by atoms with Gasteiger partial charge in [0.2, 0.25) is 11.5 Å². The van der Waals surface area contributed by atoms with Gasteiger partial charge >= 0.3 is 11.9 Å². The first kappa shape index (κ1) is 34.7. The number of nitrogens with zero attached hydrogens (tertiary/aromatic N) is 4. The summed E-state index contributed by atoms with van der Waals surface area (Å²) in [5.41, 5.74) is 7.75. The number of hydrogen-bond acceptors (Lipinski definition) is 7. The average Bonchev–Trinajstić information content (AvgIpc) is 3.91. The molecule has 6 aromatic rings. The number of ether oxygens (including phenoxy) is 1. The van der Waals surface area contributed by atoms with E-state index in [0.29, 0.717) is 41.9 Å². The van der Waals surface area contributed by atoms with Crippen LogP contribution in [0.1, 0.15) is 98.9 Å². The van der Waals surface area contributed by atoms with Gasteiger partial charge in [0.25, 0.3) is 0 Å². The van der Waals surface area contributed by atoms with Crippen molar-refractivity contribution in [1.82, 2.24) is 19.6 Å². The van der Waals surface area contributed by atoms with Crippen LogP contribution < -0.4 is 0 Å². The Morgan fingerprint density at radius 2 is 1.21 bits per heavy atom. The van der Waals surface area contributed by atoms with Crippen molar-refractivity contribution < 1.29 is 37.0 Å². The van der Waals surface area contributed by atoms with Crippen molar-refractivity contribution in [3.05, 3.63) is 129 Å². The molecule has 2 aliphatic rings. The Morgan fingerprint density at radius 3 is 1.65 bits per heavy atom. The summed E-state index contributed by atoms with van der Waals surface area (Å²) >= 11 is 0. The monoisotopic (exact) mass is 708 g/mol. The first-order chi connectivity index (χ1) is 25.0. The third-order valence-electron chi connectivity index (χ3n) is 9.93. The van der Waals surface area contributed by atoms with Gasteiger partial charge in [0.1, 0.15) is 23.2 Å². The molecule has 12 heteroatoms. The Labute approximate surface area is 298 Å². The van der Waals surface area contributed by atoms with Crippen LogP contribution in [0.5, 0.6) is 0 Å². The van der Waals surface area contributed by atoms with E-state index in [1.807, 2.05) is 39.2 Å². The van der Waals surface area contributed by atoms with Crippen LogP contribution in [-0.4, -0.2) is 43.2 Å². The largest absolute Gasteiger partial charge is 0.475 e. The minimum Gasteiger partial charge on any atom is -0.475 e. The zero-order valence-electron chi connectivity index (χ0n) is 29.5. The van der Waals surface area contributed by atoms with Gasteiger partial charge in [-0.1, -0.05) is 36.4 Å². The second kappa shape index (κ2) is 13.7. The van der Waals surface area contributed by atoms with Crippen molar-refractivity contribution in [1.29, 1.82) is 0 Å². The highest BCUT2D eigenvalue weighted by molar-refractivity contribution is 5.92. The number of hydrogen-bond donors (Lipinski definition) is 1. The van der Waals surface area contributed by atoms with E-state index in [2.05, 4.69) is 5.10 Å². The van der Waals surface area contributed by atoms with Gasteiger partial charge in [-0.05, 0) is 70.7 Å². The number of furan rings is 2. The number of carbonyl (C=O) groups excluding carboxylic acids is 1. The molecule has 4 aromatic heterocycles. The zero-order valence-corrected chi connectivity index (χ0v) is 29.5. The van der Waals surface area contributed by atoms with E-state index in [0.717, 1.165) is 57.8 Å². The standard InChI is InChI=1S/C21H21FN2O3.C19H17FN2O3/c1-4-26-21(25)20-12(2)18-17(27-20)10-9-14-11-24(23-19(14)18)13(3)15-7-5-6-8-16(15)22;1-10-16-15(25-18(10)19(23)24)8-7-12-9-22(21-17(12)16)11(2)13-5-3-4-6-14(13)20/h5-8,11,13H,4,9-10H2,1-3H3;3-6,9,11H,7-8H2,1-2H3,(H,23,24)/t13-;11-/m11/s1. The van der Waals surface area contributed by atoms with Gasteiger partial charge in [-0.25, -0.2) is 18.4 Å². The molecule has 0 unspecified atom stereocenters. The molecular formula is C40H38F2N4O6. The van der Waals surface area contributed by atoms with Gasteiger partial charge in [0.15, 0.2) is 0 Å². The van der Waals surface area contributed by atoms with Gasteiger partial charge in [-0.2, -0.15) is 10.2 Å². The summed E-state index contributed by atoms with van der Waals surface area (Å²) in [7, 11) is 0. The number of aryl methyl sites for hydroxylation is 4. The van der Waals surface area contributed by atoms with E-state index >= 15 is 0 Å². The van der Waals surface area contributed by atoms with Crippen molar-refractivity contribution in [2.45, 2.75) is 72.4 Å². The molecule has 0 fully saturated rings. The third kappa shape index (κ3) is 6.01. The molecule has 0 saturated carbocycles. The molecule has 4 heterocycles. The summed E-state index contributed by atoms with van der Waals surface area (Å²) < 4.78 is 48.2. The van der Waals surface area contributed by atoms with Gasteiger partial charge in [0.05, 0.1) is 30.1 Å². The molecule has 2 atom stereocenters. The molecule has 0 radical (unpaired) electrons. The lowest BCUT2D eigenvalue weighted by molar-refractivity contribution is 0.0486. The van der Waals surface area contributed by atoms with Crippen molar-refractivity contribution in [2.75, 3.05) is 6.61 Å². The number of benzene rings is 2. The van der Waals surface area contributed by atoms with Crippen LogP contribution in [0.4, 0.5) is 8.78 Å². The van der Waals surface area contributed by atoms with Crippen LogP contribution >= 0.6 is 0 Å². The molecule has 1 N–H and O–H groups in total. The quantitative estimate of drug-likeness (QED) is 0.164. The SMILES string of the molecule is CCOC(=O)c1oc2c(c1C)-c1nn([C@H](C)c3ccccc3F)cc1CC2.Cc1c(C(=O)O)oc2c1-c1nn([C@H](C)c3ccccc3F)cc1CC2. The van der Waals surface area contributed by atoms with E-state index in [4.69, 9.17) is 18.7 Å². The first-order valence-corrected chi connectivity index (χ1v) is 17.3. The summed E-state index contributed by atoms with van der Waals surface area (Å²) in [4.78, 5) is 23.5. The molecule has 0 amide bonds. The van der Waals surface area contributed by atoms with Crippen molar-refractivity contribution in [3.8, 4) is 22.5 Å². The fourth-order valence-electron chi connectivity index (χ4n) is 7.17. The van der Waals surface area contributed by atoms with Crippen LogP contribution in [0.15, 0.2) is 69.8 Å². The Hall–Kier alpha value is -5.78. The predicted molar refractivity (Wildman–Crippen MR) is 187 cm³/mol. The van der Waals surface area contributed by atoms with E-state index in [9.17, 15) is 23.5 Å². The predicted octanol–water partition coefficient (Wildman–Crippen LogP) is 8.47. The first-order valence-electron chi connectivity index (χ1n) is 17.3. The lowest BCUT2D eigenvalue weighted by Gasteiger charge is -2.13. The Kier molecular flexibility index (Phi) is 9.16. The number of halogens is 2. The average molecular weight is 709 g/mol. The van der Waals surface area contributed by atoms with Crippen LogP contribution in [0, 0.1) is 25.5 Å². The molecule has 0 spiro atoms. The Bertz CT molecular complexity index is 2330. The second-order valence-corrected chi connectivity index (χ2v) is 13.1. The number of carboxylic acid groups (broad SMARTS) is 1. The zero-order chi connectivity index (χ0) is 36.8. The van der Waals surface area contributed by atoms with Crippen molar-refractivity contribution >= 4 is 11.9 Å². The summed E-state index contributed by atoms with van der Waals surface area (Å²) in [5.74, 6) is -0.420. The Morgan fingerprint density at radius 1 is 0.769 bits per heavy atom. The minimum absolute atomic E-state index is 0.0328. The Balaban J connectivity index is 0.000000162. The fraction of sp³-hybridized carbons (Fsp3) is 0.300. The van der Waals surface area contributed by atoms with Gasteiger partial charge in [-0.3, -0.25) is 9.36 Å². The maximum absolute atomic E-state index is 14.2. The van der Waals surface area contributed by atoms with Crippen LogP contribution in [0.2, 0.25) is 0 Å². The summed E-state index contributed by atoms with van der Waals surface area (Å²) in [5, 5.41) is 18.6. The molecule has 8 rings (SSSR count). The highest BCUT2D eigenvalue weighted by Crippen LogP contribution is 2.40. The van der Waals surface area contributed by atoms with Crippen LogP contribution in [-0.2, 0) is 30.4 Å². The lowest BCUT2D eigenvalue weighted by atomic mass is 9.94. The van der Waals surface area contributed by atoms with Crippen LogP contribution in [0.3, 0.4) is 0 Å². The van der Waals surface area contributed by atoms with E-state index in [1.54, 1.807) is 53.5 Å². The molecule has 268 valence electrons. The molecule has 0 aliphatic heterocycles. The fourth-order valence-corrected chi connectivity index (χ4v) is 7.17. The maximum Gasteiger partial charge on any atom is 0.374 e. The molecule has 10 nitrogen and oxygen atoms in total. The minimum atomic E-state index is -1.08. The second-order valence-electron chi connectivity index (χ2n) is 13.1. The smallest absolute Gasteiger partial charge is 0.374 e.